The highest BCUT2D eigenvalue weighted by Crippen LogP contribution is 2.24. The SMILES string of the molecule is CCCC1CCN(C(=O)c2cc(N)c(F)cc2F)C1. The average molecular weight is 268 g/mol. The van der Waals surface area contributed by atoms with Gasteiger partial charge in [0.05, 0.1) is 11.3 Å². The minimum Gasteiger partial charge on any atom is -0.396 e. The van der Waals surface area contributed by atoms with Crippen molar-refractivity contribution >= 4 is 11.6 Å². The van der Waals surface area contributed by atoms with Crippen LogP contribution in [0.4, 0.5) is 14.5 Å². The van der Waals surface area contributed by atoms with E-state index in [0.717, 1.165) is 25.3 Å². The Kier molecular flexibility index (Phi) is 4.02. The first-order valence-electron chi connectivity index (χ1n) is 6.56. The molecule has 1 atom stereocenters. The first-order valence-corrected chi connectivity index (χ1v) is 6.56. The molecule has 0 aliphatic carbocycles. The quantitative estimate of drug-likeness (QED) is 0.857. The second-order valence-electron chi connectivity index (χ2n) is 5.05. The van der Waals surface area contributed by atoms with E-state index in [-0.39, 0.29) is 11.3 Å². The van der Waals surface area contributed by atoms with Crippen LogP contribution in [0.25, 0.3) is 0 Å². The Morgan fingerprint density at radius 2 is 2.16 bits per heavy atom. The Morgan fingerprint density at radius 3 is 2.84 bits per heavy atom. The third-order valence-corrected chi connectivity index (χ3v) is 3.59. The van der Waals surface area contributed by atoms with Gasteiger partial charge in [0.25, 0.3) is 5.91 Å². The van der Waals surface area contributed by atoms with Crippen LogP contribution in [0.15, 0.2) is 12.1 Å². The molecule has 0 aromatic heterocycles. The number of nitrogens with two attached hydrogens (primary N) is 1. The summed E-state index contributed by atoms with van der Waals surface area (Å²) >= 11 is 0. The summed E-state index contributed by atoms with van der Waals surface area (Å²) in [7, 11) is 0. The molecule has 1 fully saturated rings. The predicted molar refractivity (Wildman–Crippen MR) is 69.7 cm³/mol. The van der Waals surface area contributed by atoms with Crippen LogP contribution in [0.2, 0.25) is 0 Å². The Bertz CT molecular complexity index is 491. The lowest BCUT2D eigenvalue weighted by Gasteiger charge is -2.17. The van der Waals surface area contributed by atoms with E-state index in [0.29, 0.717) is 25.1 Å². The van der Waals surface area contributed by atoms with E-state index in [1.54, 1.807) is 4.90 Å². The van der Waals surface area contributed by atoms with Crippen molar-refractivity contribution in [1.29, 1.82) is 0 Å². The van der Waals surface area contributed by atoms with Gasteiger partial charge in [0, 0.05) is 19.2 Å². The fraction of sp³-hybridized carbons (Fsp3) is 0.500. The number of amides is 1. The van der Waals surface area contributed by atoms with E-state index < -0.39 is 17.5 Å². The summed E-state index contributed by atoms with van der Waals surface area (Å²) in [5.41, 5.74) is 5.05. The molecule has 2 N–H and O–H groups in total. The number of carbonyl (C=O) groups excluding carboxylic acids is 1. The molecule has 1 saturated heterocycles. The van der Waals surface area contributed by atoms with Crippen LogP contribution in [0.1, 0.15) is 36.5 Å². The molecule has 19 heavy (non-hydrogen) atoms. The van der Waals surface area contributed by atoms with Crippen LogP contribution in [0.3, 0.4) is 0 Å². The number of benzene rings is 1. The highest BCUT2D eigenvalue weighted by molar-refractivity contribution is 5.95. The zero-order valence-corrected chi connectivity index (χ0v) is 11.0. The van der Waals surface area contributed by atoms with Crippen molar-refractivity contribution in [2.45, 2.75) is 26.2 Å². The lowest BCUT2D eigenvalue weighted by Crippen LogP contribution is -2.29. The summed E-state index contributed by atoms with van der Waals surface area (Å²) in [6, 6.07) is 1.75. The van der Waals surface area contributed by atoms with E-state index in [2.05, 4.69) is 6.92 Å². The molecular formula is C14H18F2N2O. The predicted octanol–water partition coefficient (Wildman–Crippen LogP) is 2.81. The summed E-state index contributed by atoms with van der Waals surface area (Å²) in [6.45, 7) is 3.37. The van der Waals surface area contributed by atoms with Crippen LogP contribution >= 0.6 is 0 Å². The molecule has 1 unspecified atom stereocenters. The molecule has 0 radical (unpaired) electrons. The topological polar surface area (TPSA) is 46.3 Å². The number of rotatable bonds is 3. The third kappa shape index (κ3) is 2.85. The highest BCUT2D eigenvalue weighted by atomic mass is 19.1. The van der Waals surface area contributed by atoms with Gasteiger partial charge in [-0.15, -0.1) is 0 Å². The minimum atomic E-state index is -0.851. The number of nitrogen functional groups attached to an aromatic ring is 1. The summed E-state index contributed by atoms with van der Waals surface area (Å²) in [6.07, 6.45) is 3.08. The van der Waals surface area contributed by atoms with Crippen molar-refractivity contribution in [2.75, 3.05) is 18.8 Å². The molecule has 1 aromatic rings. The Hall–Kier alpha value is -1.65. The van der Waals surface area contributed by atoms with E-state index >= 15 is 0 Å². The largest absolute Gasteiger partial charge is 0.396 e. The standard InChI is InChI=1S/C14H18F2N2O/c1-2-3-9-4-5-18(8-9)14(19)10-6-13(17)12(16)7-11(10)15/h6-7,9H,2-5,8,17H2,1H3. The van der Waals surface area contributed by atoms with Gasteiger partial charge >= 0.3 is 0 Å². The normalized spacial score (nSPS) is 18.9. The highest BCUT2D eigenvalue weighted by Gasteiger charge is 2.28. The van der Waals surface area contributed by atoms with Gasteiger partial charge in [0.2, 0.25) is 0 Å². The van der Waals surface area contributed by atoms with Crippen LogP contribution in [0.5, 0.6) is 0 Å². The summed E-state index contributed by atoms with van der Waals surface area (Å²) < 4.78 is 26.7. The van der Waals surface area contributed by atoms with E-state index in [9.17, 15) is 13.6 Å². The van der Waals surface area contributed by atoms with Gasteiger partial charge in [-0.3, -0.25) is 4.79 Å². The van der Waals surface area contributed by atoms with Gasteiger partial charge < -0.3 is 10.6 Å². The van der Waals surface area contributed by atoms with E-state index in [1.807, 2.05) is 0 Å². The molecule has 104 valence electrons. The zero-order chi connectivity index (χ0) is 14.0. The van der Waals surface area contributed by atoms with Gasteiger partial charge in [-0.2, -0.15) is 0 Å². The van der Waals surface area contributed by atoms with Crippen LogP contribution in [-0.4, -0.2) is 23.9 Å². The minimum absolute atomic E-state index is 0.143. The van der Waals surface area contributed by atoms with Crippen molar-refractivity contribution in [2.24, 2.45) is 5.92 Å². The number of halogens is 2. The van der Waals surface area contributed by atoms with Gasteiger partial charge in [-0.1, -0.05) is 13.3 Å². The first kappa shape index (κ1) is 13.8. The van der Waals surface area contributed by atoms with Crippen molar-refractivity contribution in [3.63, 3.8) is 0 Å². The number of carbonyl (C=O) groups is 1. The van der Waals surface area contributed by atoms with Gasteiger partial charge in [0.1, 0.15) is 11.6 Å². The molecule has 0 saturated carbocycles. The molecule has 1 aliphatic heterocycles. The number of anilines is 1. The molecule has 1 aromatic carbocycles. The molecule has 5 heteroatoms. The average Bonchev–Trinajstić information content (AvgIpc) is 2.82. The molecule has 1 amide bonds. The van der Waals surface area contributed by atoms with Crippen molar-refractivity contribution in [3.8, 4) is 0 Å². The molecule has 0 bridgehead atoms. The third-order valence-electron chi connectivity index (χ3n) is 3.59. The van der Waals surface area contributed by atoms with Gasteiger partial charge in [0.15, 0.2) is 0 Å². The van der Waals surface area contributed by atoms with Crippen LogP contribution in [-0.2, 0) is 0 Å². The summed E-state index contributed by atoms with van der Waals surface area (Å²) in [4.78, 5) is 13.8. The first-order chi connectivity index (χ1) is 9.02. The monoisotopic (exact) mass is 268 g/mol. The van der Waals surface area contributed by atoms with Crippen molar-refractivity contribution in [3.05, 3.63) is 29.3 Å². The Morgan fingerprint density at radius 1 is 1.42 bits per heavy atom. The number of hydrogen-bond donors (Lipinski definition) is 1. The van der Waals surface area contributed by atoms with Gasteiger partial charge in [-0.05, 0) is 24.8 Å². The maximum Gasteiger partial charge on any atom is 0.256 e. The molecule has 1 heterocycles. The lowest BCUT2D eigenvalue weighted by molar-refractivity contribution is 0.0782. The fourth-order valence-corrected chi connectivity index (χ4v) is 2.56. The molecule has 2 rings (SSSR count). The molecular weight excluding hydrogens is 250 g/mol. The lowest BCUT2D eigenvalue weighted by atomic mass is 10.0. The van der Waals surface area contributed by atoms with Crippen LogP contribution in [0, 0.1) is 17.6 Å². The smallest absolute Gasteiger partial charge is 0.256 e. The Labute approximate surface area is 111 Å². The van der Waals surface area contributed by atoms with Crippen molar-refractivity contribution in [1.82, 2.24) is 4.90 Å². The summed E-state index contributed by atoms with van der Waals surface area (Å²) in [5.74, 6) is -1.60. The maximum absolute atomic E-state index is 13.6. The second-order valence-corrected chi connectivity index (χ2v) is 5.05. The zero-order valence-electron chi connectivity index (χ0n) is 11.0. The number of likely N-dealkylation sites (tertiary alicyclic amines) is 1. The number of nitrogens with zero attached hydrogens (tertiary/aromatic N) is 1. The van der Waals surface area contributed by atoms with E-state index in [4.69, 9.17) is 5.73 Å². The maximum atomic E-state index is 13.6. The molecule has 0 spiro atoms. The Balaban J connectivity index is 2.15. The van der Waals surface area contributed by atoms with Crippen LogP contribution < -0.4 is 5.73 Å². The van der Waals surface area contributed by atoms with Crippen molar-refractivity contribution < 1.29 is 13.6 Å². The second kappa shape index (κ2) is 5.55. The number of hydrogen-bond acceptors (Lipinski definition) is 2. The summed E-state index contributed by atoms with van der Waals surface area (Å²) in [5, 5.41) is 0. The van der Waals surface area contributed by atoms with E-state index in [1.165, 1.54) is 0 Å². The molecule has 3 nitrogen and oxygen atoms in total. The van der Waals surface area contributed by atoms with Gasteiger partial charge in [-0.25, -0.2) is 8.78 Å². The molecule has 1 aliphatic rings. The fourth-order valence-electron chi connectivity index (χ4n) is 2.56.